The summed E-state index contributed by atoms with van der Waals surface area (Å²) in [5.74, 6) is -0.106. The van der Waals surface area contributed by atoms with Gasteiger partial charge in [0.15, 0.2) is 0 Å². The van der Waals surface area contributed by atoms with Gasteiger partial charge in [0.25, 0.3) is 0 Å². The van der Waals surface area contributed by atoms with E-state index in [0.29, 0.717) is 19.5 Å². The van der Waals surface area contributed by atoms with E-state index in [0.717, 1.165) is 5.56 Å². The third-order valence-electron chi connectivity index (χ3n) is 3.07. The van der Waals surface area contributed by atoms with Gasteiger partial charge in [-0.3, -0.25) is 0 Å². The molecule has 0 radical (unpaired) electrons. The molecular weight excluding hydrogens is 206 g/mol. The Kier molecular flexibility index (Phi) is 3.10. The van der Waals surface area contributed by atoms with Crippen molar-refractivity contribution >= 4 is 6.09 Å². The summed E-state index contributed by atoms with van der Waals surface area (Å²) in [6.07, 6.45) is -0.850. The number of carbonyl (C=O) groups is 1. The van der Waals surface area contributed by atoms with Crippen LogP contribution in [-0.4, -0.2) is 40.4 Å². The Morgan fingerprint density at radius 3 is 2.62 bits per heavy atom. The first-order valence-corrected chi connectivity index (χ1v) is 5.39. The highest BCUT2D eigenvalue weighted by molar-refractivity contribution is 5.65. The second-order valence-electron chi connectivity index (χ2n) is 4.10. The summed E-state index contributed by atoms with van der Waals surface area (Å²) < 4.78 is 0. The van der Waals surface area contributed by atoms with Gasteiger partial charge in [0, 0.05) is 19.0 Å². The second-order valence-corrected chi connectivity index (χ2v) is 4.10. The van der Waals surface area contributed by atoms with E-state index in [1.807, 2.05) is 30.3 Å². The molecule has 16 heavy (non-hydrogen) atoms. The number of carboxylic acid groups (broad SMARTS) is 1. The number of rotatable bonds is 1. The molecule has 0 spiro atoms. The Labute approximate surface area is 94.1 Å². The molecule has 1 aromatic rings. The van der Waals surface area contributed by atoms with Gasteiger partial charge in [-0.25, -0.2) is 4.79 Å². The Balaban J connectivity index is 2.16. The van der Waals surface area contributed by atoms with Crippen LogP contribution in [0.15, 0.2) is 30.3 Å². The zero-order chi connectivity index (χ0) is 11.5. The van der Waals surface area contributed by atoms with E-state index >= 15 is 0 Å². The molecule has 1 aromatic carbocycles. The first-order valence-electron chi connectivity index (χ1n) is 5.39. The summed E-state index contributed by atoms with van der Waals surface area (Å²) in [6, 6.07) is 9.58. The number of likely N-dealkylation sites (tertiary alicyclic amines) is 1. The van der Waals surface area contributed by atoms with Gasteiger partial charge >= 0.3 is 6.09 Å². The molecule has 0 saturated carbocycles. The summed E-state index contributed by atoms with van der Waals surface area (Å²) in [4.78, 5) is 12.2. The fourth-order valence-corrected chi connectivity index (χ4v) is 2.14. The van der Waals surface area contributed by atoms with E-state index in [2.05, 4.69) is 0 Å². The molecule has 4 heteroatoms. The predicted molar refractivity (Wildman–Crippen MR) is 59.4 cm³/mol. The average molecular weight is 221 g/mol. The molecule has 1 heterocycles. The van der Waals surface area contributed by atoms with Crippen LogP contribution >= 0.6 is 0 Å². The summed E-state index contributed by atoms with van der Waals surface area (Å²) in [5.41, 5.74) is 1.00. The van der Waals surface area contributed by atoms with Crippen molar-refractivity contribution in [2.45, 2.75) is 18.4 Å². The van der Waals surface area contributed by atoms with Crippen LogP contribution in [0.2, 0.25) is 0 Å². The minimum absolute atomic E-state index is 0.106. The summed E-state index contributed by atoms with van der Waals surface area (Å²) in [5, 5.41) is 18.8. The van der Waals surface area contributed by atoms with E-state index in [1.54, 1.807) is 0 Å². The minimum Gasteiger partial charge on any atom is -0.465 e. The number of amides is 1. The highest BCUT2D eigenvalue weighted by atomic mass is 16.4. The van der Waals surface area contributed by atoms with Gasteiger partial charge in [0.05, 0.1) is 6.10 Å². The standard InChI is InChI=1S/C12H15NO3/c14-11-6-7-13(12(15)16)8-10(11)9-4-2-1-3-5-9/h1-5,10-11,14H,6-8H2,(H,15,16)/t10-,11-/m1/s1. The van der Waals surface area contributed by atoms with Gasteiger partial charge in [-0.1, -0.05) is 30.3 Å². The lowest BCUT2D eigenvalue weighted by Gasteiger charge is -2.34. The topological polar surface area (TPSA) is 60.8 Å². The smallest absolute Gasteiger partial charge is 0.407 e. The van der Waals surface area contributed by atoms with E-state index in [4.69, 9.17) is 5.11 Å². The number of benzene rings is 1. The van der Waals surface area contributed by atoms with Crippen molar-refractivity contribution in [2.75, 3.05) is 13.1 Å². The van der Waals surface area contributed by atoms with Crippen LogP contribution in [0.25, 0.3) is 0 Å². The second kappa shape index (κ2) is 4.53. The molecule has 0 bridgehead atoms. The maximum Gasteiger partial charge on any atom is 0.407 e. The number of hydrogen-bond acceptors (Lipinski definition) is 2. The van der Waals surface area contributed by atoms with Crippen LogP contribution in [0.5, 0.6) is 0 Å². The SMILES string of the molecule is O=C(O)N1CC[C@@H](O)[C@@H](c2ccccc2)C1. The van der Waals surface area contributed by atoms with Crippen molar-refractivity contribution < 1.29 is 15.0 Å². The van der Waals surface area contributed by atoms with Gasteiger partial charge in [-0.2, -0.15) is 0 Å². The van der Waals surface area contributed by atoms with Crippen LogP contribution in [0.4, 0.5) is 4.79 Å². The van der Waals surface area contributed by atoms with E-state index in [1.165, 1.54) is 4.90 Å². The highest BCUT2D eigenvalue weighted by Crippen LogP contribution is 2.27. The third-order valence-corrected chi connectivity index (χ3v) is 3.07. The zero-order valence-electron chi connectivity index (χ0n) is 8.91. The van der Waals surface area contributed by atoms with Crippen LogP contribution in [-0.2, 0) is 0 Å². The van der Waals surface area contributed by atoms with Gasteiger partial charge < -0.3 is 15.1 Å². The lowest BCUT2D eigenvalue weighted by molar-refractivity contribution is 0.0586. The van der Waals surface area contributed by atoms with Crippen molar-refractivity contribution in [1.29, 1.82) is 0 Å². The van der Waals surface area contributed by atoms with E-state index < -0.39 is 12.2 Å². The molecule has 2 atom stereocenters. The van der Waals surface area contributed by atoms with Crippen molar-refractivity contribution in [2.24, 2.45) is 0 Å². The Hall–Kier alpha value is -1.55. The maximum atomic E-state index is 10.9. The van der Waals surface area contributed by atoms with Gasteiger partial charge in [-0.15, -0.1) is 0 Å². The molecule has 4 nitrogen and oxygen atoms in total. The van der Waals surface area contributed by atoms with Crippen LogP contribution in [0, 0.1) is 0 Å². The highest BCUT2D eigenvalue weighted by Gasteiger charge is 2.30. The van der Waals surface area contributed by atoms with Gasteiger partial charge in [-0.05, 0) is 12.0 Å². The zero-order valence-corrected chi connectivity index (χ0v) is 8.91. The maximum absolute atomic E-state index is 10.9. The van der Waals surface area contributed by atoms with Crippen molar-refractivity contribution in [1.82, 2.24) is 4.90 Å². The van der Waals surface area contributed by atoms with Crippen LogP contribution in [0.3, 0.4) is 0 Å². The first kappa shape index (κ1) is 11.0. The number of piperidine rings is 1. The molecule has 2 N–H and O–H groups in total. The fourth-order valence-electron chi connectivity index (χ4n) is 2.14. The molecule has 1 saturated heterocycles. The predicted octanol–water partition coefficient (Wildman–Crippen LogP) is 1.51. The van der Waals surface area contributed by atoms with Crippen molar-refractivity contribution in [3.8, 4) is 0 Å². The fraction of sp³-hybridized carbons (Fsp3) is 0.417. The monoisotopic (exact) mass is 221 g/mol. The lowest BCUT2D eigenvalue weighted by atomic mass is 9.88. The molecule has 0 unspecified atom stereocenters. The van der Waals surface area contributed by atoms with Crippen molar-refractivity contribution in [3.05, 3.63) is 35.9 Å². The number of aliphatic hydroxyl groups is 1. The molecule has 1 amide bonds. The quantitative estimate of drug-likeness (QED) is 0.755. The molecule has 1 fully saturated rings. The molecule has 0 aliphatic carbocycles. The number of aliphatic hydroxyl groups excluding tert-OH is 1. The van der Waals surface area contributed by atoms with E-state index in [-0.39, 0.29) is 5.92 Å². The molecular formula is C12H15NO3. The lowest BCUT2D eigenvalue weighted by Crippen LogP contribution is -2.44. The van der Waals surface area contributed by atoms with Crippen LogP contribution < -0.4 is 0 Å². The number of hydrogen-bond donors (Lipinski definition) is 2. The first-order chi connectivity index (χ1) is 7.68. The molecule has 86 valence electrons. The Morgan fingerprint density at radius 2 is 2.00 bits per heavy atom. The molecule has 0 aromatic heterocycles. The number of nitrogens with zero attached hydrogens (tertiary/aromatic N) is 1. The molecule has 1 aliphatic rings. The van der Waals surface area contributed by atoms with Crippen molar-refractivity contribution in [3.63, 3.8) is 0 Å². The van der Waals surface area contributed by atoms with E-state index in [9.17, 15) is 9.90 Å². The van der Waals surface area contributed by atoms with Gasteiger partial charge in [0.1, 0.15) is 0 Å². The normalized spacial score (nSPS) is 25.4. The van der Waals surface area contributed by atoms with Gasteiger partial charge in [0.2, 0.25) is 0 Å². The van der Waals surface area contributed by atoms with Crippen LogP contribution in [0.1, 0.15) is 17.9 Å². The third kappa shape index (κ3) is 2.17. The molecule has 2 rings (SSSR count). The summed E-state index contributed by atoms with van der Waals surface area (Å²) in [7, 11) is 0. The Bertz CT molecular complexity index is 366. The molecule has 1 aliphatic heterocycles. The minimum atomic E-state index is -0.909. The summed E-state index contributed by atoms with van der Waals surface area (Å²) in [6.45, 7) is 0.792. The average Bonchev–Trinajstić information content (AvgIpc) is 2.30. The summed E-state index contributed by atoms with van der Waals surface area (Å²) >= 11 is 0. The largest absolute Gasteiger partial charge is 0.465 e. The Morgan fingerprint density at radius 1 is 1.31 bits per heavy atom.